The van der Waals surface area contributed by atoms with Gasteiger partial charge in [-0.3, -0.25) is 0 Å². The summed E-state index contributed by atoms with van der Waals surface area (Å²) in [6.45, 7) is 1.04. The number of hydrogen-bond donors (Lipinski definition) is 1. The maximum Gasteiger partial charge on any atom is 0.320 e. The van der Waals surface area contributed by atoms with Gasteiger partial charge in [0.05, 0.1) is 12.6 Å². The minimum atomic E-state index is -0.0213. The van der Waals surface area contributed by atoms with E-state index in [2.05, 4.69) is 15.9 Å². The Kier molecular flexibility index (Phi) is 3.69. The molecule has 2 amide bonds. The number of carbonyl (C=O) groups is 1. The van der Waals surface area contributed by atoms with E-state index >= 15 is 0 Å². The number of benzene rings is 1. The Morgan fingerprint density at radius 1 is 1.41 bits per heavy atom. The number of aliphatic hydroxyl groups is 1. The van der Waals surface area contributed by atoms with E-state index in [1.165, 1.54) is 0 Å². The van der Waals surface area contributed by atoms with Gasteiger partial charge in [-0.2, -0.15) is 0 Å². The van der Waals surface area contributed by atoms with Crippen molar-refractivity contribution in [2.75, 3.05) is 26.7 Å². The second-order valence-electron chi connectivity index (χ2n) is 4.13. The summed E-state index contributed by atoms with van der Waals surface area (Å²) in [5.74, 6) is 0. The van der Waals surface area contributed by atoms with Crippen LogP contribution in [0.4, 0.5) is 4.79 Å². The van der Waals surface area contributed by atoms with Crippen LogP contribution in [-0.4, -0.2) is 47.7 Å². The first-order chi connectivity index (χ1) is 8.13. The van der Waals surface area contributed by atoms with Crippen LogP contribution in [0.1, 0.15) is 11.6 Å². The highest BCUT2D eigenvalue weighted by Gasteiger charge is 2.34. The Bertz CT molecular complexity index is 407. The molecule has 2 rings (SSSR count). The van der Waals surface area contributed by atoms with Gasteiger partial charge in [0, 0.05) is 24.6 Å². The average Bonchev–Trinajstić information content (AvgIpc) is 2.59. The van der Waals surface area contributed by atoms with Crippen molar-refractivity contribution in [2.24, 2.45) is 0 Å². The quantitative estimate of drug-likeness (QED) is 0.925. The molecule has 0 aliphatic carbocycles. The summed E-state index contributed by atoms with van der Waals surface area (Å²) in [5.41, 5.74) is 1.12. The van der Waals surface area contributed by atoms with Gasteiger partial charge in [0.1, 0.15) is 0 Å². The van der Waals surface area contributed by atoms with Crippen LogP contribution in [0, 0.1) is 0 Å². The molecule has 1 heterocycles. The Balaban J connectivity index is 2.17. The van der Waals surface area contributed by atoms with Crippen molar-refractivity contribution >= 4 is 22.0 Å². The minimum absolute atomic E-state index is 0.00659. The van der Waals surface area contributed by atoms with Crippen molar-refractivity contribution in [3.05, 3.63) is 34.3 Å². The number of aliphatic hydroxyl groups excluding tert-OH is 1. The third kappa shape index (κ3) is 2.45. The standard InChI is InChI=1S/C12H15BrN2O2/c1-14-11(8-15(6-7-16)12(14)17)9-2-4-10(13)5-3-9/h2-5,11,16H,6-8H2,1H3. The van der Waals surface area contributed by atoms with Gasteiger partial charge in [-0.05, 0) is 17.7 Å². The van der Waals surface area contributed by atoms with Crippen LogP contribution in [0.2, 0.25) is 0 Å². The first-order valence-corrected chi connectivity index (χ1v) is 6.31. The monoisotopic (exact) mass is 298 g/mol. The molecule has 1 aliphatic heterocycles. The van der Waals surface area contributed by atoms with Crippen molar-refractivity contribution in [2.45, 2.75) is 6.04 Å². The fraction of sp³-hybridized carbons (Fsp3) is 0.417. The Labute approximate surface area is 109 Å². The average molecular weight is 299 g/mol. The van der Waals surface area contributed by atoms with E-state index < -0.39 is 0 Å². The number of halogens is 1. The number of carbonyl (C=O) groups excluding carboxylic acids is 1. The summed E-state index contributed by atoms with van der Waals surface area (Å²) >= 11 is 3.39. The van der Waals surface area contributed by atoms with Crippen LogP contribution in [-0.2, 0) is 0 Å². The van der Waals surface area contributed by atoms with Crippen molar-refractivity contribution in [3.63, 3.8) is 0 Å². The zero-order valence-electron chi connectivity index (χ0n) is 9.64. The number of hydrogen-bond acceptors (Lipinski definition) is 2. The first-order valence-electron chi connectivity index (χ1n) is 5.51. The molecule has 4 nitrogen and oxygen atoms in total. The lowest BCUT2D eigenvalue weighted by Gasteiger charge is -2.17. The molecule has 0 aromatic heterocycles. The smallest absolute Gasteiger partial charge is 0.320 e. The van der Waals surface area contributed by atoms with Crippen LogP contribution in [0.15, 0.2) is 28.7 Å². The summed E-state index contributed by atoms with van der Waals surface area (Å²) < 4.78 is 1.03. The molecule has 0 radical (unpaired) electrons. The highest BCUT2D eigenvalue weighted by molar-refractivity contribution is 9.10. The lowest BCUT2D eigenvalue weighted by Crippen LogP contribution is -2.31. The van der Waals surface area contributed by atoms with Gasteiger partial charge in [-0.1, -0.05) is 28.1 Å². The van der Waals surface area contributed by atoms with E-state index in [4.69, 9.17) is 5.11 Å². The van der Waals surface area contributed by atoms with Crippen molar-refractivity contribution < 1.29 is 9.90 Å². The molecule has 1 saturated heterocycles. The highest BCUT2D eigenvalue weighted by atomic mass is 79.9. The summed E-state index contributed by atoms with van der Waals surface area (Å²) in [7, 11) is 1.80. The summed E-state index contributed by atoms with van der Waals surface area (Å²) in [6, 6.07) is 8.03. The van der Waals surface area contributed by atoms with Crippen molar-refractivity contribution in [3.8, 4) is 0 Å². The Morgan fingerprint density at radius 3 is 2.65 bits per heavy atom. The second-order valence-corrected chi connectivity index (χ2v) is 5.05. The zero-order valence-corrected chi connectivity index (χ0v) is 11.2. The molecule has 5 heteroatoms. The normalized spacial score (nSPS) is 20.2. The van der Waals surface area contributed by atoms with Crippen LogP contribution in [0.5, 0.6) is 0 Å². The molecular weight excluding hydrogens is 284 g/mol. The number of amides is 2. The van der Waals surface area contributed by atoms with Gasteiger partial charge in [-0.25, -0.2) is 4.79 Å². The number of nitrogens with zero attached hydrogens (tertiary/aromatic N) is 2. The van der Waals surface area contributed by atoms with E-state index in [-0.39, 0.29) is 18.7 Å². The number of β-amino-alcohol motifs (C(OH)–C–C–N with tert-alkyl or cyclic N) is 1. The lowest BCUT2D eigenvalue weighted by atomic mass is 10.1. The summed E-state index contributed by atoms with van der Waals surface area (Å²) in [4.78, 5) is 15.3. The second kappa shape index (κ2) is 5.06. The highest BCUT2D eigenvalue weighted by Crippen LogP contribution is 2.28. The maximum absolute atomic E-state index is 11.9. The molecule has 1 unspecified atom stereocenters. The van der Waals surface area contributed by atoms with Crippen molar-refractivity contribution in [1.82, 2.24) is 9.80 Å². The molecule has 1 fully saturated rings. The third-order valence-corrected chi connectivity index (χ3v) is 3.59. The maximum atomic E-state index is 11.9. The van der Waals surface area contributed by atoms with Gasteiger partial charge in [-0.15, -0.1) is 0 Å². The molecule has 1 aliphatic rings. The van der Waals surface area contributed by atoms with Crippen LogP contribution >= 0.6 is 15.9 Å². The SMILES string of the molecule is CN1C(=O)N(CCO)CC1c1ccc(Br)cc1. The predicted molar refractivity (Wildman–Crippen MR) is 68.7 cm³/mol. The van der Waals surface area contributed by atoms with Crippen molar-refractivity contribution in [1.29, 1.82) is 0 Å². The molecule has 0 spiro atoms. The van der Waals surface area contributed by atoms with Crippen LogP contribution in [0.3, 0.4) is 0 Å². The molecule has 1 aromatic rings. The predicted octanol–water partition coefficient (Wildman–Crippen LogP) is 1.85. The van der Waals surface area contributed by atoms with E-state index in [1.54, 1.807) is 16.8 Å². The largest absolute Gasteiger partial charge is 0.395 e. The van der Waals surface area contributed by atoms with Gasteiger partial charge in [0.15, 0.2) is 0 Å². The molecule has 1 atom stereocenters. The van der Waals surface area contributed by atoms with Crippen LogP contribution in [0.25, 0.3) is 0 Å². The molecule has 0 saturated carbocycles. The zero-order chi connectivity index (χ0) is 12.4. The van der Waals surface area contributed by atoms with Gasteiger partial charge in [0.25, 0.3) is 0 Å². The number of likely N-dealkylation sites (N-methyl/N-ethyl adjacent to an activating group) is 1. The van der Waals surface area contributed by atoms with Gasteiger partial charge < -0.3 is 14.9 Å². The van der Waals surface area contributed by atoms with Gasteiger partial charge in [0.2, 0.25) is 0 Å². The Morgan fingerprint density at radius 2 is 2.06 bits per heavy atom. The Hall–Kier alpha value is -1.07. The van der Waals surface area contributed by atoms with Gasteiger partial charge >= 0.3 is 6.03 Å². The summed E-state index contributed by atoms with van der Waals surface area (Å²) in [5, 5.41) is 8.91. The van der Waals surface area contributed by atoms with E-state index in [1.807, 2.05) is 24.3 Å². The molecule has 1 aromatic carbocycles. The first kappa shape index (κ1) is 12.4. The fourth-order valence-corrected chi connectivity index (χ4v) is 2.35. The van der Waals surface area contributed by atoms with Crippen LogP contribution < -0.4 is 0 Å². The molecule has 0 bridgehead atoms. The summed E-state index contributed by atoms with van der Waals surface area (Å²) in [6.07, 6.45) is 0. The molecular formula is C12H15BrN2O2. The number of rotatable bonds is 3. The van der Waals surface area contributed by atoms with E-state index in [0.717, 1.165) is 10.0 Å². The molecule has 92 valence electrons. The molecule has 1 N–H and O–H groups in total. The third-order valence-electron chi connectivity index (χ3n) is 3.06. The fourth-order valence-electron chi connectivity index (χ4n) is 2.09. The van der Waals surface area contributed by atoms with E-state index in [0.29, 0.717) is 13.1 Å². The molecule has 17 heavy (non-hydrogen) atoms. The lowest BCUT2D eigenvalue weighted by molar-refractivity contribution is 0.182. The number of urea groups is 1. The minimum Gasteiger partial charge on any atom is -0.395 e. The van der Waals surface area contributed by atoms with E-state index in [9.17, 15) is 4.79 Å². The topological polar surface area (TPSA) is 43.8 Å².